The van der Waals surface area contributed by atoms with Crippen molar-refractivity contribution in [1.29, 1.82) is 0 Å². The maximum Gasteiger partial charge on any atom is 0.164 e. The molecule has 0 unspecified atom stereocenters. The van der Waals surface area contributed by atoms with E-state index in [1.807, 2.05) is 18.2 Å². The van der Waals surface area contributed by atoms with E-state index in [1.165, 1.54) is 26.9 Å². The van der Waals surface area contributed by atoms with E-state index in [0.29, 0.717) is 17.5 Å². The minimum Gasteiger partial charge on any atom is -0.309 e. The number of hydrogen-bond donors (Lipinski definition) is 0. The Morgan fingerprint density at radius 1 is 0.276 bits per heavy atom. The van der Waals surface area contributed by atoms with Crippen LogP contribution in [0.5, 0.6) is 0 Å². The predicted molar refractivity (Wildman–Crippen MR) is 240 cm³/mol. The van der Waals surface area contributed by atoms with Gasteiger partial charge in [-0.25, -0.2) is 15.0 Å². The molecule has 0 aliphatic carbocycles. The van der Waals surface area contributed by atoms with E-state index in [-0.39, 0.29) is 0 Å². The van der Waals surface area contributed by atoms with E-state index in [0.717, 1.165) is 66.3 Å². The van der Waals surface area contributed by atoms with Crippen molar-refractivity contribution in [3.63, 3.8) is 0 Å². The van der Waals surface area contributed by atoms with Crippen LogP contribution in [0, 0.1) is 0 Å². The molecule has 5 nitrogen and oxygen atoms in total. The third-order valence-electron chi connectivity index (χ3n) is 11.5. The number of rotatable bonds is 5. The van der Waals surface area contributed by atoms with Crippen LogP contribution in [0.15, 0.2) is 200 Å². The molecule has 270 valence electrons. The van der Waals surface area contributed by atoms with E-state index in [4.69, 9.17) is 15.0 Å². The molecule has 0 radical (unpaired) electrons. The molecule has 9 aromatic carbocycles. The van der Waals surface area contributed by atoms with Gasteiger partial charge in [-0.3, -0.25) is 0 Å². The lowest BCUT2D eigenvalue weighted by atomic mass is 10.0. The first-order valence-electron chi connectivity index (χ1n) is 19.6. The fourth-order valence-corrected chi connectivity index (χ4v) is 8.85. The molecular weight excluding hydrogens is 707 g/mol. The summed E-state index contributed by atoms with van der Waals surface area (Å²) in [5.41, 5.74) is 9.58. The zero-order valence-electron chi connectivity index (χ0n) is 31.3. The third-order valence-corrected chi connectivity index (χ3v) is 11.5. The summed E-state index contributed by atoms with van der Waals surface area (Å²) in [6.45, 7) is 0. The lowest BCUT2D eigenvalue weighted by molar-refractivity contribution is 1.07. The summed E-state index contributed by atoms with van der Waals surface area (Å²) in [6.07, 6.45) is 0. The smallest absolute Gasteiger partial charge is 0.164 e. The van der Waals surface area contributed by atoms with Crippen LogP contribution in [0.1, 0.15) is 0 Å². The van der Waals surface area contributed by atoms with Gasteiger partial charge >= 0.3 is 0 Å². The highest BCUT2D eigenvalue weighted by atomic mass is 15.0. The molecule has 0 aliphatic heterocycles. The minimum absolute atomic E-state index is 0.625. The van der Waals surface area contributed by atoms with Gasteiger partial charge in [0.05, 0.1) is 22.1 Å². The van der Waals surface area contributed by atoms with Crippen molar-refractivity contribution in [2.45, 2.75) is 0 Å². The zero-order valence-corrected chi connectivity index (χ0v) is 31.3. The van der Waals surface area contributed by atoms with Crippen LogP contribution in [0.25, 0.3) is 111 Å². The Kier molecular flexibility index (Phi) is 7.16. The van der Waals surface area contributed by atoms with E-state index in [9.17, 15) is 0 Å². The third kappa shape index (κ3) is 5.07. The second-order valence-corrected chi connectivity index (χ2v) is 14.9. The van der Waals surface area contributed by atoms with Crippen molar-refractivity contribution in [2.75, 3.05) is 0 Å². The molecule has 12 aromatic rings. The van der Waals surface area contributed by atoms with Crippen LogP contribution in [0.4, 0.5) is 0 Å². The Balaban J connectivity index is 1.11. The Labute approximate surface area is 333 Å². The van der Waals surface area contributed by atoms with Crippen LogP contribution < -0.4 is 0 Å². The van der Waals surface area contributed by atoms with Gasteiger partial charge in [0.15, 0.2) is 17.5 Å². The standard InChI is InChI=1S/C53H33N5/c1-3-15-34(16-4-1)51-54-52(38-27-28-49-44(31-38)42-23-11-13-25-47(42)57(49)39-20-5-2-6-21-39)56-53(55-51)46-33-40(29-37-19-9-10-22-41(37)46)58-48-26-14-12-24-43(48)45-30-35-17-7-8-18-36(35)32-50(45)58/h1-33H. The normalized spacial score (nSPS) is 11.8. The summed E-state index contributed by atoms with van der Waals surface area (Å²) < 4.78 is 4.72. The van der Waals surface area contributed by atoms with Gasteiger partial charge in [0.25, 0.3) is 0 Å². The second kappa shape index (κ2) is 12.8. The summed E-state index contributed by atoms with van der Waals surface area (Å²) in [5, 5.41) is 9.39. The predicted octanol–water partition coefficient (Wildman–Crippen LogP) is 13.4. The monoisotopic (exact) mass is 739 g/mol. The molecule has 0 fully saturated rings. The number of nitrogens with zero attached hydrogens (tertiary/aromatic N) is 5. The molecule has 12 rings (SSSR count). The number of fused-ring (bicyclic) bond motifs is 8. The van der Waals surface area contributed by atoms with Crippen LogP contribution in [0.2, 0.25) is 0 Å². The first-order valence-corrected chi connectivity index (χ1v) is 19.6. The summed E-state index contributed by atoms with van der Waals surface area (Å²) in [5.74, 6) is 1.88. The molecule has 0 saturated heterocycles. The molecule has 0 atom stereocenters. The van der Waals surface area contributed by atoms with Crippen molar-refractivity contribution in [1.82, 2.24) is 24.1 Å². The van der Waals surface area contributed by atoms with Gasteiger partial charge in [-0.2, -0.15) is 0 Å². The van der Waals surface area contributed by atoms with Gasteiger partial charge in [-0.1, -0.05) is 133 Å². The molecule has 3 heterocycles. The van der Waals surface area contributed by atoms with Gasteiger partial charge in [-0.05, 0) is 88.3 Å². The highest BCUT2D eigenvalue weighted by molar-refractivity contribution is 6.14. The molecule has 0 amide bonds. The van der Waals surface area contributed by atoms with E-state index in [1.54, 1.807) is 0 Å². The molecule has 58 heavy (non-hydrogen) atoms. The van der Waals surface area contributed by atoms with Crippen molar-refractivity contribution in [2.24, 2.45) is 0 Å². The number of hydrogen-bond acceptors (Lipinski definition) is 3. The maximum absolute atomic E-state index is 5.35. The first kappa shape index (κ1) is 32.4. The average molecular weight is 740 g/mol. The molecule has 5 heteroatoms. The SMILES string of the molecule is c1ccc(-c2nc(-c3ccc4c(c3)c3ccccc3n4-c3ccccc3)nc(-c3cc(-n4c5ccccc5c5cc6ccccc6cc54)cc4ccccc34)n2)cc1. The fourth-order valence-electron chi connectivity index (χ4n) is 8.85. The van der Waals surface area contributed by atoms with Crippen molar-refractivity contribution >= 4 is 65.2 Å². The Hall–Kier alpha value is -7.89. The summed E-state index contributed by atoms with van der Waals surface area (Å²) in [4.78, 5) is 15.8. The lowest BCUT2D eigenvalue weighted by Gasteiger charge is -2.15. The summed E-state index contributed by atoms with van der Waals surface area (Å²) >= 11 is 0. The number of benzene rings is 9. The molecule has 3 aromatic heterocycles. The Morgan fingerprint density at radius 3 is 1.52 bits per heavy atom. The van der Waals surface area contributed by atoms with Crippen LogP contribution in [-0.2, 0) is 0 Å². The highest BCUT2D eigenvalue weighted by Crippen LogP contribution is 2.39. The molecular formula is C53H33N5. The van der Waals surface area contributed by atoms with Crippen LogP contribution in [-0.4, -0.2) is 24.1 Å². The Bertz CT molecular complexity index is 3560. The first-order chi connectivity index (χ1) is 28.7. The Morgan fingerprint density at radius 2 is 0.793 bits per heavy atom. The van der Waals surface area contributed by atoms with E-state index in [2.05, 4.69) is 191 Å². The number of para-hydroxylation sites is 3. The van der Waals surface area contributed by atoms with Gasteiger partial charge in [0.2, 0.25) is 0 Å². The van der Waals surface area contributed by atoms with Crippen LogP contribution in [0.3, 0.4) is 0 Å². The molecule has 0 saturated carbocycles. The maximum atomic E-state index is 5.35. The van der Waals surface area contributed by atoms with Crippen LogP contribution >= 0.6 is 0 Å². The van der Waals surface area contributed by atoms with Gasteiger partial charge in [0.1, 0.15) is 0 Å². The topological polar surface area (TPSA) is 48.5 Å². The van der Waals surface area contributed by atoms with Gasteiger partial charge in [-0.15, -0.1) is 0 Å². The molecule has 0 N–H and O–H groups in total. The lowest BCUT2D eigenvalue weighted by Crippen LogP contribution is -2.02. The quantitative estimate of drug-likeness (QED) is 0.177. The summed E-state index contributed by atoms with van der Waals surface area (Å²) in [7, 11) is 0. The van der Waals surface area contributed by atoms with Crippen molar-refractivity contribution in [3.8, 4) is 45.5 Å². The largest absolute Gasteiger partial charge is 0.309 e. The van der Waals surface area contributed by atoms with E-state index >= 15 is 0 Å². The summed E-state index contributed by atoms with van der Waals surface area (Å²) in [6, 6.07) is 71.0. The average Bonchev–Trinajstić information content (AvgIpc) is 3.80. The van der Waals surface area contributed by atoms with E-state index < -0.39 is 0 Å². The number of aromatic nitrogens is 5. The fraction of sp³-hybridized carbons (Fsp3) is 0. The molecule has 0 spiro atoms. The van der Waals surface area contributed by atoms with Gasteiger partial charge in [0, 0.05) is 49.6 Å². The second-order valence-electron chi connectivity index (χ2n) is 14.9. The minimum atomic E-state index is 0.625. The van der Waals surface area contributed by atoms with Crippen molar-refractivity contribution < 1.29 is 0 Å². The van der Waals surface area contributed by atoms with Gasteiger partial charge < -0.3 is 9.13 Å². The zero-order chi connectivity index (χ0) is 38.2. The van der Waals surface area contributed by atoms with Crippen molar-refractivity contribution in [3.05, 3.63) is 200 Å². The molecule has 0 bridgehead atoms. The highest BCUT2D eigenvalue weighted by Gasteiger charge is 2.20. The molecule has 0 aliphatic rings.